The van der Waals surface area contributed by atoms with E-state index in [1.54, 1.807) is 48.8 Å². The number of cyclic esters (lactones) is 1. The molecule has 3 amide bonds. The fraction of sp³-hybridized carbons (Fsp3) is 0.865. The van der Waals surface area contributed by atoms with Crippen LogP contribution in [0, 0.1) is 17.3 Å². The first-order valence-electron chi connectivity index (χ1n) is 18.4. The number of carbonyl (C=O) groups is 4. The normalized spacial score (nSPS) is 28.2. The third kappa shape index (κ3) is 11.7. The number of nitrogens with zero attached hydrogens (tertiary/aromatic N) is 1. The zero-order valence-electron chi connectivity index (χ0n) is 34.0. The van der Waals surface area contributed by atoms with E-state index in [1.807, 2.05) is 20.8 Å². The summed E-state index contributed by atoms with van der Waals surface area (Å²) in [4.78, 5) is 58.0. The Morgan fingerprint density at radius 3 is 2.04 bits per heavy atom. The molecule has 1 aliphatic heterocycles. The van der Waals surface area contributed by atoms with Crippen LogP contribution in [-0.2, 0) is 33.1 Å². The second kappa shape index (κ2) is 18.6. The highest BCUT2D eigenvalue weighted by atomic mass is 32.1. The molecule has 1 rings (SSSR count). The minimum Gasteiger partial charge on any atom is -0.459 e. The van der Waals surface area contributed by atoms with Crippen molar-refractivity contribution in [1.82, 2.24) is 20.9 Å². The molecule has 11 nitrogen and oxygen atoms in total. The molecule has 3 N–H and O–H groups in total. The molecule has 0 aromatic rings. The summed E-state index contributed by atoms with van der Waals surface area (Å²) < 4.78 is 18.4. The third-order valence-electron chi connectivity index (χ3n) is 11.0. The Morgan fingerprint density at radius 2 is 1.54 bits per heavy atom. The van der Waals surface area contributed by atoms with Crippen LogP contribution in [0.5, 0.6) is 0 Å². The number of amides is 3. The number of likely N-dealkylation sites (N-methyl/N-ethyl adjacent to an activating group) is 1. The van der Waals surface area contributed by atoms with Crippen LogP contribution < -0.4 is 16.0 Å². The summed E-state index contributed by atoms with van der Waals surface area (Å²) >= 11 is 5.85. The Kier molecular flexibility index (Phi) is 17.1. The molecule has 0 bridgehead atoms. The van der Waals surface area contributed by atoms with Crippen LogP contribution in [0.25, 0.3) is 0 Å². The van der Waals surface area contributed by atoms with Crippen molar-refractivity contribution in [2.45, 2.75) is 169 Å². The Labute approximate surface area is 309 Å². The van der Waals surface area contributed by atoms with Gasteiger partial charge in [0, 0.05) is 14.2 Å². The average molecular weight is 743 g/mol. The molecule has 50 heavy (non-hydrogen) atoms. The summed E-state index contributed by atoms with van der Waals surface area (Å²) in [5.41, 5.74) is -2.56. The van der Waals surface area contributed by atoms with E-state index < -0.39 is 61.3 Å². The number of thiocarbonyl (C=S) groups is 1. The largest absolute Gasteiger partial charge is 0.459 e. The Bertz CT molecular complexity index is 1190. The van der Waals surface area contributed by atoms with Crippen molar-refractivity contribution in [2.24, 2.45) is 17.3 Å². The maximum atomic E-state index is 14.5. The van der Waals surface area contributed by atoms with Crippen LogP contribution in [0.1, 0.15) is 115 Å². The number of nitrogens with one attached hydrogen (secondary N) is 3. The van der Waals surface area contributed by atoms with Gasteiger partial charge in [-0.3, -0.25) is 14.4 Å². The van der Waals surface area contributed by atoms with E-state index in [0.29, 0.717) is 12.8 Å². The molecule has 0 radical (unpaired) electrons. The summed E-state index contributed by atoms with van der Waals surface area (Å²) in [7, 11) is 0.957. The van der Waals surface area contributed by atoms with Gasteiger partial charge in [0.25, 0.3) is 5.91 Å². The lowest BCUT2D eigenvalue weighted by Gasteiger charge is -2.43. The van der Waals surface area contributed by atoms with Gasteiger partial charge in [-0.05, 0) is 83.8 Å². The quantitative estimate of drug-likeness (QED) is 0.130. The second-order valence-corrected chi connectivity index (χ2v) is 22.1. The minimum atomic E-state index is -2.33. The zero-order valence-corrected chi connectivity index (χ0v) is 35.8. The van der Waals surface area contributed by atoms with Crippen LogP contribution in [0.4, 0.5) is 0 Å². The lowest BCUT2D eigenvalue weighted by molar-refractivity contribution is -0.167. The third-order valence-corrected chi connectivity index (χ3v) is 15.9. The lowest BCUT2D eigenvalue weighted by atomic mass is 9.77. The molecule has 290 valence electrons. The SMILES string of the molecule is CCC[C@@H](CC[C@@H](C)[C@@H]1OC(=O)[C@H](C)NC(=O)C([C@@H](C)CC)N(C)C(=O)[C@](C)(CO[Si](C)(C)C(C)(C)C)NC(=S)[C@H](C)NC(=O)C1(C)C)OC. The molecule has 13 heteroatoms. The average Bonchev–Trinajstić information content (AvgIpc) is 3.02. The van der Waals surface area contributed by atoms with Gasteiger partial charge < -0.3 is 34.8 Å². The molecule has 1 unspecified atom stereocenters. The molecule has 1 heterocycles. The van der Waals surface area contributed by atoms with Crippen molar-refractivity contribution in [1.29, 1.82) is 0 Å². The first-order chi connectivity index (χ1) is 22.8. The smallest absolute Gasteiger partial charge is 0.328 e. The van der Waals surface area contributed by atoms with Gasteiger partial charge in [0.1, 0.15) is 23.7 Å². The number of esters is 1. The molecule has 8 atom stereocenters. The molecule has 0 saturated carbocycles. The lowest BCUT2D eigenvalue weighted by Crippen LogP contribution is -2.66. The Hall–Kier alpha value is -2.09. The van der Waals surface area contributed by atoms with E-state index in [-0.39, 0.29) is 40.5 Å². The van der Waals surface area contributed by atoms with Crippen LogP contribution in [0.15, 0.2) is 0 Å². The monoisotopic (exact) mass is 742 g/mol. The highest BCUT2D eigenvalue weighted by molar-refractivity contribution is 7.80. The van der Waals surface area contributed by atoms with E-state index >= 15 is 0 Å². The van der Waals surface area contributed by atoms with Gasteiger partial charge >= 0.3 is 5.97 Å². The predicted octanol–water partition coefficient (Wildman–Crippen LogP) is 5.75. The van der Waals surface area contributed by atoms with Crippen LogP contribution in [0.2, 0.25) is 18.1 Å². The van der Waals surface area contributed by atoms with Gasteiger partial charge in [0.05, 0.1) is 29.2 Å². The summed E-state index contributed by atoms with van der Waals surface area (Å²) in [6, 6.07) is -2.62. The van der Waals surface area contributed by atoms with Gasteiger partial charge in [0.15, 0.2) is 8.32 Å². The number of methoxy groups -OCH3 is 1. The molecule has 1 fully saturated rings. The first-order valence-corrected chi connectivity index (χ1v) is 21.7. The minimum absolute atomic E-state index is 0.00335. The molecule has 0 aromatic heterocycles. The van der Waals surface area contributed by atoms with Gasteiger partial charge in [-0.1, -0.05) is 73.5 Å². The van der Waals surface area contributed by atoms with Crippen molar-refractivity contribution >= 4 is 49.2 Å². The van der Waals surface area contributed by atoms with Crippen molar-refractivity contribution in [3.63, 3.8) is 0 Å². The number of ether oxygens (including phenoxy) is 2. The molecule has 0 aliphatic carbocycles. The summed E-state index contributed by atoms with van der Waals surface area (Å²) in [6.45, 7) is 27.0. The maximum absolute atomic E-state index is 14.5. The van der Waals surface area contributed by atoms with Crippen LogP contribution in [-0.4, -0.2) is 98.5 Å². The number of carbonyl (C=O) groups excluding carboxylic acids is 4. The van der Waals surface area contributed by atoms with E-state index in [0.717, 1.165) is 19.3 Å². The molecule has 1 aliphatic rings. The van der Waals surface area contributed by atoms with Crippen molar-refractivity contribution in [3.05, 3.63) is 0 Å². The van der Waals surface area contributed by atoms with E-state index in [9.17, 15) is 19.2 Å². The molecular weight excluding hydrogens is 673 g/mol. The van der Waals surface area contributed by atoms with E-state index in [2.05, 4.69) is 56.7 Å². The molecule has 1 saturated heterocycles. The number of rotatable bonds is 12. The topological polar surface area (TPSA) is 135 Å². The first kappa shape index (κ1) is 45.9. The maximum Gasteiger partial charge on any atom is 0.328 e. The summed E-state index contributed by atoms with van der Waals surface area (Å²) in [6.07, 6.45) is 3.09. The van der Waals surface area contributed by atoms with Gasteiger partial charge in [-0.25, -0.2) is 4.79 Å². The molecule has 0 spiro atoms. The van der Waals surface area contributed by atoms with Crippen LogP contribution in [0.3, 0.4) is 0 Å². The summed E-state index contributed by atoms with van der Waals surface area (Å²) in [5.74, 6) is -2.35. The Balaban J connectivity index is 3.76. The van der Waals surface area contributed by atoms with Crippen molar-refractivity contribution in [3.8, 4) is 0 Å². The summed E-state index contributed by atoms with van der Waals surface area (Å²) in [5, 5.41) is 8.99. The second-order valence-electron chi connectivity index (χ2n) is 16.8. The predicted molar refractivity (Wildman–Crippen MR) is 206 cm³/mol. The number of hydrogen-bond donors (Lipinski definition) is 3. The molecular formula is C37H70N4O7SSi. The van der Waals surface area contributed by atoms with Gasteiger partial charge in [-0.2, -0.15) is 0 Å². The zero-order chi connectivity index (χ0) is 39.0. The number of hydrogen-bond acceptors (Lipinski definition) is 8. The Morgan fingerprint density at radius 1 is 0.960 bits per heavy atom. The van der Waals surface area contributed by atoms with Crippen LogP contribution >= 0.6 is 12.2 Å². The van der Waals surface area contributed by atoms with E-state index in [4.69, 9.17) is 26.1 Å². The highest BCUT2D eigenvalue weighted by Crippen LogP contribution is 2.37. The highest BCUT2D eigenvalue weighted by Gasteiger charge is 2.48. The fourth-order valence-corrected chi connectivity index (χ4v) is 7.43. The standard InChI is InChI=1S/C37H70N4O7SSi/c1-17-19-27(46-14)21-20-24(4)29-36(10,11)33(44)39-25(5)31(49)40-37(12,22-47-50(15,16)35(7,8)9)34(45)41(13)28(23(3)18-2)30(42)38-26(6)32(43)48-29/h23-29H,17-22H2,1-16H3,(H,38,42)(H,39,44)(H,40,49)/t23-,24+,25-,26-,27-,28?,29-,37-/m0/s1. The van der Waals surface area contributed by atoms with E-state index in [1.165, 1.54) is 4.90 Å². The molecule has 0 aromatic carbocycles. The van der Waals surface area contributed by atoms with Gasteiger partial charge in [0.2, 0.25) is 11.8 Å². The van der Waals surface area contributed by atoms with Crippen molar-refractivity contribution < 1.29 is 33.1 Å². The van der Waals surface area contributed by atoms with Crippen molar-refractivity contribution in [2.75, 3.05) is 20.8 Å². The fourth-order valence-electron chi connectivity index (χ4n) is 6.07. The van der Waals surface area contributed by atoms with Gasteiger partial charge in [-0.15, -0.1) is 0 Å².